The number of nitrogens with one attached hydrogen (secondary N) is 1. The lowest BCUT2D eigenvalue weighted by atomic mass is 9.98. The van der Waals surface area contributed by atoms with E-state index in [2.05, 4.69) is 33.5 Å². The van der Waals surface area contributed by atoms with Gasteiger partial charge in [-0.25, -0.2) is 4.98 Å². The molecule has 0 aliphatic rings. The molecule has 0 spiro atoms. The van der Waals surface area contributed by atoms with Crippen LogP contribution in [0, 0.1) is 6.92 Å². The molecule has 0 amide bonds. The minimum absolute atomic E-state index is 0.0260. The van der Waals surface area contributed by atoms with Crippen molar-refractivity contribution in [1.82, 2.24) is 14.5 Å². The monoisotopic (exact) mass is 358 g/mol. The predicted molar refractivity (Wildman–Crippen MR) is 111 cm³/mol. The van der Waals surface area contributed by atoms with Crippen molar-refractivity contribution in [2.45, 2.75) is 27.3 Å². The average molecular weight is 358 g/mol. The Labute approximate surface area is 157 Å². The van der Waals surface area contributed by atoms with E-state index in [1.165, 1.54) is 0 Å². The fourth-order valence-electron chi connectivity index (χ4n) is 3.57. The van der Waals surface area contributed by atoms with Crippen LogP contribution in [-0.2, 0) is 6.54 Å². The Kier molecular flexibility index (Phi) is 4.36. The fraction of sp³-hybridized carbons (Fsp3) is 0.227. The second-order valence-corrected chi connectivity index (χ2v) is 6.53. The molecule has 27 heavy (non-hydrogen) atoms. The predicted octanol–water partition coefficient (Wildman–Crippen LogP) is 4.37. The highest BCUT2D eigenvalue weighted by molar-refractivity contribution is 5.98. The summed E-state index contributed by atoms with van der Waals surface area (Å²) < 4.78 is 1.74. The summed E-state index contributed by atoms with van der Waals surface area (Å²) in [6, 6.07) is 16.1. The molecular weight excluding hydrogens is 336 g/mol. The number of fused-ring (bicyclic) bond motifs is 2. The van der Waals surface area contributed by atoms with Crippen LogP contribution >= 0.6 is 0 Å². The van der Waals surface area contributed by atoms with Gasteiger partial charge in [0.25, 0.3) is 5.56 Å². The van der Waals surface area contributed by atoms with Gasteiger partial charge in [0.15, 0.2) is 0 Å². The maximum Gasteiger partial charge on any atom is 0.260 e. The van der Waals surface area contributed by atoms with E-state index in [4.69, 9.17) is 0 Å². The van der Waals surface area contributed by atoms with Gasteiger partial charge in [-0.15, -0.1) is 0 Å². The first-order valence-electron chi connectivity index (χ1n) is 9.28. The number of hydrogen-bond donors (Lipinski definition) is 1. The average Bonchev–Trinajstić information content (AvgIpc) is 2.68. The van der Waals surface area contributed by atoms with Crippen molar-refractivity contribution in [3.8, 4) is 11.1 Å². The molecule has 1 N–H and O–H groups in total. The third-order valence-corrected chi connectivity index (χ3v) is 4.87. The highest BCUT2D eigenvalue weighted by Crippen LogP contribution is 2.29. The van der Waals surface area contributed by atoms with E-state index in [0.29, 0.717) is 23.7 Å². The molecule has 0 saturated heterocycles. The lowest BCUT2D eigenvalue weighted by molar-refractivity contribution is 0.750. The summed E-state index contributed by atoms with van der Waals surface area (Å²) in [6.45, 7) is 7.21. The summed E-state index contributed by atoms with van der Waals surface area (Å²) in [7, 11) is 0. The molecule has 2 aromatic heterocycles. The Bertz CT molecular complexity index is 1210. The molecule has 0 fully saturated rings. The maximum absolute atomic E-state index is 13.3. The van der Waals surface area contributed by atoms with Crippen LogP contribution < -0.4 is 10.9 Å². The quantitative estimate of drug-likeness (QED) is 0.588. The standard InChI is InChI=1S/C22H22N4O/c1-4-23-22-24-14(3)18-13-19(21(27)26(5-2)20(18)25-22)17-12-8-10-15-9-6-7-11-16(15)17/h6-13H,4-5H2,1-3H3,(H,23,24,25). The molecule has 0 unspecified atom stereocenters. The van der Waals surface area contributed by atoms with E-state index >= 15 is 0 Å². The van der Waals surface area contributed by atoms with Crippen molar-refractivity contribution < 1.29 is 0 Å². The Morgan fingerprint density at radius 3 is 2.52 bits per heavy atom. The minimum atomic E-state index is -0.0260. The molecule has 2 heterocycles. The second-order valence-electron chi connectivity index (χ2n) is 6.53. The zero-order valence-electron chi connectivity index (χ0n) is 15.8. The normalized spacial score (nSPS) is 11.2. The van der Waals surface area contributed by atoms with E-state index in [1.54, 1.807) is 4.57 Å². The molecule has 136 valence electrons. The molecule has 0 aliphatic carbocycles. The van der Waals surface area contributed by atoms with Crippen LogP contribution in [0.4, 0.5) is 5.95 Å². The number of aryl methyl sites for hydroxylation is 2. The van der Waals surface area contributed by atoms with Gasteiger partial charge in [0, 0.05) is 24.0 Å². The Balaban J connectivity index is 2.08. The van der Waals surface area contributed by atoms with E-state index in [1.807, 2.05) is 51.1 Å². The van der Waals surface area contributed by atoms with Gasteiger partial charge in [0.05, 0.1) is 5.69 Å². The third kappa shape index (κ3) is 2.85. The van der Waals surface area contributed by atoms with Crippen molar-refractivity contribution >= 4 is 27.8 Å². The molecule has 0 saturated carbocycles. The first-order chi connectivity index (χ1) is 13.1. The Morgan fingerprint density at radius 2 is 1.74 bits per heavy atom. The summed E-state index contributed by atoms with van der Waals surface area (Å²) in [4.78, 5) is 22.5. The number of hydrogen-bond acceptors (Lipinski definition) is 4. The topological polar surface area (TPSA) is 59.8 Å². The van der Waals surface area contributed by atoms with Gasteiger partial charge in [-0.1, -0.05) is 42.5 Å². The number of benzene rings is 2. The summed E-state index contributed by atoms with van der Waals surface area (Å²) in [6.07, 6.45) is 0. The zero-order chi connectivity index (χ0) is 19.0. The van der Waals surface area contributed by atoms with Gasteiger partial charge in [0.1, 0.15) is 5.65 Å². The maximum atomic E-state index is 13.3. The van der Waals surface area contributed by atoms with Gasteiger partial charge < -0.3 is 5.32 Å². The molecule has 5 heteroatoms. The molecule has 5 nitrogen and oxygen atoms in total. The van der Waals surface area contributed by atoms with Crippen molar-refractivity contribution in [3.05, 3.63) is 64.6 Å². The van der Waals surface area contributed by atoms with E-state index in [0.717, 1.165) is 34.0 Å². The van der Waals surface area contributed by atoms with Crippen LogP contribution in [0.3, 0.4) is 0 Å². The minimum Gasteiger partial charge on any atom is -0.354 e. The highest BCUT2D eigenvalue weighted by Gasteiger charge is 2.16. The molecular formula is C22H22N4O. The molecule has 2 aromatic carbocycles. The van der Waals surface area contributed by atoms with Crippen LogP contribution in [0.25, 0.3) is 32.9 Å². The SMILES string of the molecule is CCNc1nc(C)c2cc(-c3cccc4ccccc34)c(=O)n(CC)c2n1. The first-order valence-corrected chi connectivity index (χ1v) is 9.28. The van der Waals surface area contributed by atoms with Crippen molar-refractivity contribution in [2.24, 2.45) is 0 Å². The molecule has 0 aliphatic heterocycles. The Hall–Kier alpha value is -3.21. The molecule has 4 aromatic rings. The Morgan fingerprint density at radius 1 is 0.963 bits per heavy atom. The largest absolute Gasteiger partial charge is 0.354 e. The van der Waals surface area contributed by atoms with Crippen LogP contribution in [0.1, 0.15) is 19.5 Å². The van der Waals surface area contributed by atoms with Crippen molar-refractivity contribution in [2.75, 3.05) is 11.9 Å². The summed E-state index contributed by atoms with van der Waals surface area (Å²) in [5.74, 6) is 0.557. The molecule has 0 radical (unpaired) electrons. The van der Waals surface area contributed by atoms with Crippen LogP contribution in [-0.4, -0.2) is 21.1 Å². The van der Waals surface area contributed by atoms with Gasteiger partial charge in [-0.3, -0.25) is 9.36 Å². The van der Waals surface area contributed by atoms with Crippen LogP contribution in [0.2, 0.25) is 0 Å². The smallest absolute Gasteiger partial charge is 0.260 e. The van der Waals surface area contributed by atoms with Gasteiger partial charge in [-0.05, 0) is 43.2 Å². The number of nitrogens with zero attached hydrogens (tertiary/aromatic N) is 3. The molecule has 0 atom stereocenters. The number of rotatable bonds is 4. The lowest BCUT2D eigenvalue weighted by Crippen LogP contribution is -2.23. The van der Waals surface area contributed by atoms with Gasteiger partial charge >= 0.3 is 0 Å². The molecule has 0 bridgehead atoms. The zero-order valence-corrected chi connectivity index (χ0v) is 15.8. The summed E-state index contributed by atoms with van der Waals surface area (Å²) in [5, 5.41) is 6.24. The van der Waals surface area contributed by atoms with Crippen molar-refractivity contribution in [3.63, 3.8) is 0 Å². The van der Waals surface area contributed by atoms with E-state index in [9.17, 15) is 4.79 Å². The second kappa shape index (κ2) is 6.83. The number of pyridine rings is 1. The number of aromatic nitrogens is 3. The third-order valence-electron chi connectivity index (χ3n) is 4.87. The van der Waals surface area contributed by atoms with Crippen molar-refractivity contribution in [1.29, 1.82) is 0 Å². The molecule has 4 rings (SSSR count). The summed E-state index contributed by atoms with van der Waals surface area (Å²) in [5.41, 5.74) is 3.14. The van der Waals surface area contributed by atoms with Crippen LogP contribution in [0.5, 0.6) is 0 Å². The van der Waals surface area contributed by atoms with E-state index in [-0.39, 0.29) is 5.56 Å². The first kappa shape index (κ1) is 17.2. The van der Waals surface area contributed by atoms with Gasteiger partial charge in [-0.2, -0.15) is 4.98 Å². The fourth-order valence-corrected chi connectivity index (χ4v) is 3.57. The summed E-state index contributed by atoms with van der Waals surface area (Å²) >= 11 is 0. The van der Waals surface area contributed by atoms with E-state index < -0.39 is 0 Å². The highest BCUT2D eigenvalue weighted by atomic mass is 16.1. The lowest BCUT2D eigenvalue weighted by Gasteiger charge is -2.14. The number of anilines is 1. The van der Waals surface area contributed by atoms with Crippen LogP contribution in [0.15, 0.2) is 53.3 Å². The van der Waals surface area contributed by atoms with Gasteiger partial charge in [0.2, 0.25) is 5.95 Å².